The summed E-state index contributed by atoms with van der Waals surface area (Å²) >= 11 is 0. The summed E-state index contributed by atoms with van der Waals surface area (Å²) in [7, 11) is 0. The highest BCUT2D eigenvalue weighted by Gasteiger charge is 2.25. The number of esters is 1. The van der Waals surface area contributed by atoms with Crippen molar-refractivity contribution in [3.8, 4) is 0 Å². The van der Waals surface area contributed by atoms with Crippen LogP contribution in [0.2, 0.25) is 0 Å². The van der Waals surface area contributed by atoms with Gasteiger partial charge in [-0.3, -0.25) is 9.69 Å². The van der Waals surface area contributed by atoms with Gasteiger partial charge in [-0.25, -0.2) is 9.78 Å². The SMILES string of the molecule is O=C(OCCC(=O)N1c2ccccc2CCc2ccccc21)c1ccc2ocnc2c1. The number of aryl methyl sites for hydroxylation is 2. The molecule has 0 bridgehead atoms. The highest BCUT2D eigenvalue weighted by molar-refractivity contribution is 6.02. The summed E-state index contributed by atoms with van der Waals surface area (Å²) < 4.78 is 10.6. The monoisotopic (exact) mass is 412 g/mol. The minimum Gasteiger partial charge on any atom is -0.462 e. The van der Waals surface area contributed by atoms with Crippen molar-refractivity contribution in [3.05, 3.63) is 89.8 Å². The molecule has 0 atom stereocenters. The van der Waals surface area contributed by atoms with E-state index in [1.54, 1.807) is 23.1 Å². The number of benzene rings is 3. The van der Waals surface area contributed by atoms with Crippen LogP contribution in [0.5, 0.6) is 0 Å². The molecule has 1 aromatic heterocycles. The summed E-state index contributed by atoms with van der Waals surface area (Å²) in [5, 5.41) is 0. The Hall–Kier alpha value is -3.93. The van der Waals surface area contributed by atoms with Crippen molar-refractivity contribution in [3.63, 3.8) is 0 Å². The maximum Gasteiger partial charge on any atom is 0.338 e. The van der Waals surface area contributed by atoms with Gasteiger partial charge in [0, 0.05) is 0 Å². The molecule has 1 amide bonds. The van der Waals surface area contributed by atoms with E-state index in [4.69, 9.17) is 9.15 Å². The molecule has 0 radical (unpaired) electrons. The van der Waals surface area contributed by atoms with Crippen LogP contribution >= 0.6 is 0 Å². The fraction of sp³-hybridized carbons (Fsp3) is 0.160. The smallest absolute Gasteiger partial charge is 0.338 e. The third kappa shape index (κ3) is 3.68. The van der Waals surface area contributed by atoms with Gasteiger partial charge in [0.1, 0.15) is 12.1 Å². The number of hydrogen-bond acceptors (Lipinski definition) is 5. The van der Waals surface area contributed by atoms with Crippen LogP contribution in [0.15, 0.2) is 77.5 Å². The van der Waals surface area contributed by atoms with E-state index in [0.717, 1.165) is 35.3 Å². The average Bonchev–Trinajstić information content (AvgIpc) is 3.20. The van der Waals surface area contributed by atoms with E-state index in [-0.39, 0.29) is 18.9 Å². The van der Waals surface area contributed by atoms with Crippen molar-refractivity contribution in [2.75, 3.05) is 11.5 Å². The third-order valence-corrected chi connectivity index (χ3v) is 5.49. The van der Waals surface area contributed by atoms with Crippen LogP contribution in [0.4, 0.5) is 11.4 Å². The molecular weight excluding hydrogens is 392 g/mol. The number of carbonyl (C=O) groups excluding carboxylic acids is 2. The average molecular weight is 412 g/mol. The molecule has 6 nitrogen and oxygen atoms in total. The number of oxazole rings is 1. The molecular formula is C25H20N2O4. The fourth-order valence-corrected chi connectivity index (χ4v) is 3.96. The molecule has 31 heavy (non-hydrogen) atoms. The number of hydrogen-bond donors (Lipinski definition) is 0. The molecule has 0 N–H and O–H groups in total. The van der Waals surface area contributed by atoms with E-state index in [1.807, 2.05) is 36.4 Å². The van der Waals surface area contributed by atoms with Crippen LogP contribution in [0.1, 0.15) is 27.9 Å². The fourth-order valence-electron chi connectivity index (χ4n) is 3.96. The van der Waals surface area contributed by atoms with Gasteiger partial charge in [-0.15, -0.1) is 0 Å². The Kier molecular flexibility index (Phi) is 4.96. The van der Waals surface area contributed by atoms with Crippen molar-refractivity contribution in [2.24, 2.45) is 0 Å². The Morgan fingerprint density at radius 2 is 1.61 bits per heavy atom. The lowest BCUT2D eigenvalue weighted by Gasteiger charge is -2.25. The summed E-state index contributed by atoms with van der Waals surface area (Å²) in [4.78, 5) is 31.5. The molecule has 0 saturated carbocycles. The molecule has 1 aliphatic rings. The second-order valence-corrected chi connectivity index (χ2v) is 7.41. The Bertz CT molecular complexity index is 1230. The van der Waals surface area contributed by atoms with E-state index >= 15 is 0 Å². The quantitative estimate of drug-likeness (QED) is 0.449. The zero-order valence-electron chi connectivity index (χ0n) is 16.8. The Morgan fingerprint density at radius 3 is 2.32 bits per heavy atom. The van der Waals surface area contributed by atoms with Crippen LogP contribution in [-0.4, -0.2) is 23.5 Å². The van der Waals surface area contributed by atoms with Crippen molar-refractivity contribution < 1.29 is 18.7 Å². The molecule has 1 aliphatic heterocycles. The largest absolute Gasteiger partial charge is 0.462 e. The Balaban J connectivity index is 1.32. The maximum absolute atomic E-state index is 13.2. The molecule has 154 valence electrons. The number of ether oxygens (including phenoxy) is 1. The lowest BCUT2D eigenvalue weighted by atomic mass is 10.0. The van der Waals surface area contributed by atoms with Gasteiger partial charge in [-0.1, -0.05) is 36.4 Å². The van der Waals surface area contributed by atoms with Gasteiger partial charge in [0.15, 0.2) is 12.0 Å². The van der Waals surface area contributed by atoms with Gasteiger partial charge in [-0.2, -0.15) is 0 Å². The number of rotatable bonds is 4. The Labute approximate surface area is 179 Å². The number of carbonyl (C=O) groups is 2. The lowest BCUT2D eigenvalue weighted by molar-refractivity contribution is -0.118. The Morgan fingerprint density at radius 1 is 0.935 bits per heavy atom. The topological polar surface area (TPSA) is 72.6 Å². The number of para-hydroxylation sites is 2. The number of anilines is 2. The van der Waals surface area contributed by atoms with Gasteiger partial charge in [0.05, 0.1) is 23.4 Å². The summed E-state index contributed by atoms with van der Waals surface area (Å²) in [6.45, 7) is -0.00461. The summed E-state index contributed by atoms with van der Waals surface area (Å²) in [5.41, 5.74) is 5.60. The van der Waals surface area contributed by atoms with E-state index < -0.39 is 5.97 Å². The number of amides is 1. The van der Waals surface area contributed by atoms with Gasteiger partial charge < -0.3 is 9.15 Å². The van der Waals surface area contributed by atoms with Crippen LogP contribution in [0.25, 0.3) is 11.1 Å². The van der Waals surface area contributed by atoms with E-state index in [1.165, 1.54) is 6.39 Å². The molecule has 4 aromatic rings. The summed E-state index contributed by atoms with van der Waals surface area (Å²) in [6, 6.07) is 20.8. The van der Waals surface area contributed by atoms with Crippen molar-refractivity contribution in [1.29, 1.82) is 0 Å². The van der Waals surface area contributed by atoms with Crippen molar-refractivity contribution >= 4 is 34.4 Å². The second-order valence-electron chi connectivity index (χ2n) is 7.41. The van der Waals surface area contributed by atoms with E-state index in [9.17, 15) is 9.59 Å². The van der Waals surface area contributed by atoms with Crippen LogP contribution < -0.4 is 4.90 Å². The van der Waals surface area contributed by atoms with Gasteiger partial charge >= 0.3 is 5.97 Å². The maximum atomic E-state index is 13.2. The van der Waals surface area contributed by atoms with Gasteiger partial charge in [0.25, 0.3) is 0 Å². The molecule has 0 aliphatic carbocycles. The summed E-state index contributed by atoms with van der Waals surface area (Å²) in [6.07, 6.45) is 3.16. The number of aromatic nitrogens is 1. The zero-order valence-corrected chi connectivity index (χ0v) is 16.8. The minimum absolute atomic E-state index is 0.00461. The van der Waals surface area contributed by atoms with Crippen LogP contribution in [0, 0.1) is 0 Å². The predicted octanol–water partition coefficient (Wildman–Crippen LogP) is 4.84. The minimum atomic E-state index is -0.491. The highest BCUT2D eigenvalue weighted by Crippen LogP contribution is 2.36. The van der Waals surface area contributed by atoms with Gasteiger partial charge in [0.2, 0.25) is 5.91 Å². The molecule has 0 fully saturated rings. The molecule has 2 heterocycles. The molecule has 0 saturated heterocycles. The predicted molar refractivity (Wildman–Crippen MR) is 116 cm³/mol. The molecule has 3 aromatic carbocycles. The van der Waals surface area contributed by atoms with Crippen molar-refractivity contribution in [2.45, 2.75) is 19.3 Å². The first-order valence-corrected chi connectivity index (χ1v) is 10.2. The van der Waals surface area contributed by atoms with E-state index in [2.05, 4.69) is 17.1 Å². The van der Waals surface area contributed by atoms with Gasteiger partial charge in [-0.05, 0) is 54.3 Å². The normalized spacial score (nSPS) is 12.7. The second kappa shape index (κ2) is 8.07. The first-order chi connectivity index (χ1) is 15.2. The number of nitrogens with zero attached hydrogens (tertiary/aromatic N) is 2. The van der Waals surface area contributed by atoms with E-state index in [0.29, 0.717) is 16.7 Å². The molecule has 6 heteroatoms. The first kappa shape index (κ1) is 19.1. The first-order valence-electron chi connectivity index (χ1n) is 10.2. The van der Waals surface area contributed by atoms with Crippen LogP contribution in [-0.2, 0) is 22.4 Å². The zero-order chi connectivity index (χ0) is 21.2. The number of fused-ring (bicyclic) bond motifs is 3. The highest BCUT2D eigenvalue weighted by atomic mass is 16.5. The summed E-state index contributed by atoms with van der Waals surface area (Å²) in [5.74, 6) is -0.601. The molecule has 0 spiro atoms. The standard InChI is InChI=1S/C25H20N2O4/c28-24(13-14-30-25(29)19-11-12-23-20(15-19)26-16-31-23)27-21-7-3-1-5-17(21)9-10-18-6-2-4-8-22(18)27/h1-8,11-12,15-16H,9-10,13-14H2. The third-order valence-electron chi connectivity index (χ3n) is 5.49. The molecule has 5 rings (SSSR count). The lowest BCUT2D eigenvalue weighted by Crippen LogP contribution is -2.28. The molecule has 0 unspecified atom stereocenters. The van der Waals surface area contributed by atoms with Crippen molar-refractivity contribution in [1.82, 2.24) is 4.98 Å². The van der Waals surface area contributed by atoms with Crippen LogP contribution in [0.3, 0.4) is 0 Å².